The first-order valence-electron chi connectivity index (χ1n) is 8.45. The molecule has 0 spiro atoms. The molecule has 3 rings (SSSR count). The molecule has 1 heterocycles. The Bertz CT molecular complexity index is 697. The van der Waals surface area contributed by atoms with Crippen molar-refractivity contribution in [2.24, 2.45) is 0 Å². The van der Waals surface area contributed by atoms with Crippen LogP contribution >= 0.6 is 31.9 Å². The summed E-state index contributed by atoms with van der Waals surface area (Å²) in [6.45, 7) is 4.77. The number of rotatable bonds is 7. The van der Waals surface area contributed by atoms with E-state index in [9.17, 15) is 5.11 Å². The third-order valence-electron chi connectivity index (χ3n) is 3.70. The Morgan fingerprint density at radius 2 is 1.44 bits per heavy atom. The van der Waals surface area contributed by atoms with Crippen molar-refractivity contribution in [3.63, 3.8) is 0 Å². The van der Waals surface area contributed by atoms with Gasteiger partial charge in [0.1, 0.15) is 35.9 Å². The Morgan fingerprint density at radius 1 is 1.00 bits per heavy atom. The molecule has 2 aromatic rings. The second-order valence-corrected chi connectivity index (χ2v) is 8.71. The monoisotopic (exact) mass is 502 g/mol. The van der Waals surface area contributed by atoms with E-state index in [1.807, 2.05) is 43.3 Å². The fourth-order valence-electron chi connectivity index (χ4n) is 1.79. The van der Waals surface area contributed by atoms with Gasteiger partial charge in [0.25, 0.3) is 0 Å². The number of hydrogen-bond donors (Lipinski definition) is 2. The van der Waals surface area contributed by atoms with E-state index in [2.05, 4.69) is 31.9 Å². The van der Waals surface area contributed by atoms with Crippen molar-refractivity contribution < 1.29 is 24.4 Å². The van der Waals surface area contributed by atoms with Crippen LogP contribution in [0.3, 0.4) is 0 Å². The lowest BCUT2D eigenvalue weighted by Crippen LogP contribution is -2.36. The SMILES string of the molecule is CC(O)(CO)COc1ccc(Br)cc1.CC1(COc2ccc(Br)cc2)CO1. The molecule has 5 nitrogen and oxygen atoms in total. The van der Waals surface area contributed by atoms with E-state index in [0.29, 0.717) is 12.4 Å². The van der Waals surface area contributed by atoms with Crippen LogP contribution in [0.25, 0.3) is 0 Å². The summed E-state index contributed by atoms with van der Waals surface area (Å²) in [5.41, 5.74) is -1.22. The second kappa shape index (κ2) is 9.89. The lowest BCUT2D eigenvalue weighted by Gasteiger charge is -2.20. The van der Waals surface area contributed by atoms with Crippen LogP contribution in [0, 0.1) is 0 Å². The zero-order chi connectivity index (χ0) is 19.9. The van der Waals surface area contributed by atoms with Crippen LogP contribution in [0.5, 0.6) is 11.5 Å². The maximum atomic E-state index is 9.45. The highest BCUT2D eigenvalue weighted by molar-refractivity contribution is 9.10. The van der Waals surface area contributed by atoms with Gasteiger partial charge in [0.05, 0.1) is 13.2 Å². The highest BCUT2D eigenvalue weighted by Crippen LogP contribution is 2.27. The summed E-state index contributed by atoms with van der Waals surface area (Å²) in [6.07, 6.45) is 0. The van der Waals surface area contributed by atoms with Gasteiger partial charge in [-0.3, -0.25) is 0 Å². The zero-order valence-corrected chi connectivity index (χ0v) is 18.5. The number of aliphatic hydroxyl groups excluding tert-OH is 1. The Kier molecular flexibility index (Phi) is 8.12. The molecule has 27 heavy (non-hydrogen) atoms. The maximum absolute atomic E-state index is 9.45. The smallest absolute Gasteiger partial charge is 0.123 e. The molecule has 0 bridgehead atoms. The first-order valence-corrected chi connectivity index (χ1v) is 10.0. The minimum atomic E-state index is -1.19. The molecular formula is C20H24Br2O5. The summed E-state index contributed by atoms with van der Waals surface area (Å²) >= 11 is 6.67. The minimum absolute atomic E-state index is 0.0346. The molecule has 0 radical (unpaired) electrons. The second-order valence-electron chi connectivity index (χ2n) is 6.88. The molecule has 7 heteroatoms. The lowest BCUT2D eigenvalue weighted by molar-refractivity contribution is -0.0325. The van der Waals surface area contributed by atoms with Gasteiger partial charge in [-0.1, -0.05) is 31.9 Å². The van der Waals surface area contributed by atoms with Gasteiger partial charge in [-0.2, -0.15) is 0 Å². The Hall–Kier alpha value is -1.12. The van der Waals surface area contributed by atoms with E-state index in [1.165, 1.54) is 6.92 Å². The normalized spacial score (nSPS) is 20.1. The van der Waals surface area contributed by atoms with Crippen LogP contribution in [0.15, 0.2) is 57.5 Å². The summed E-state index contributed by atoms with van der Waals surface area (Å²) in [5.74, 6) is 1.56. The fraction of sp³-hybridized carbons (Fsp3) is 0.400. The van der Waals surface area contributed by atoms with Gasteiger partial charge in [-0.15, -0.1) is 0 Å². The van der Waals surface area contributed by atoms with Gasteiger partial charge in [0, 0.05) is 8.95 Å². The molecule has 1 aliphatic heterocycles. The topological polar surface area (TPSA) is 71.5 Å². The van der Waals surface area contributed by atoms with Crippen molar-refractivity contribution in [2.45, 2.75) is 25.0 Å². The van der Waals surface area contributed by atoms with Gasteiger partial charge in [-0.05, 0) is 62.4 Å². The third-order valence-corrected chi connectivity index (χ3v) is 4.76. The standard InChI is InChI=1S/C10H13BrO3.C10H11BrO2/c1-10(13,6-12)7-14-9-4-2-8(11)3-5-9;1-10(7-13-10)6-12-9-4-2-8(11)3-5-9/h2-5,12-13H,6-7H2,1H3;2-5H,6-7H2,1H3. The largest absolute Gasteiger partial charge is 0.491 e. The van der Waals surface area contributed by atoms with E-state index in [1.54, 1.807) is 12.1 Å². The number of hydrogen-bond acceptors (Lipinski definition) is 5. The molecule has 1 saturated heterocycles. The molecular weight excluding hydrogens is 480 g/mol. The molecule has 1 aliphatic rings. The van der Waals surface area contributed by atoms with Crippen molar-refractivity contribution in [3.8, 4) is 11.5 Å². The molecule has 2 unspecified atom stereocenters. The maximum Gasteiger partial charge on any atom is 0.123 e. The Morgan fingerprint density at radius 3 is 1.85 bits per heavy atom. The van der Waals surface area contributed by atoms with Gasteiger partial charge >= 0.3 is 0 Å². The summed E-state index contributed by atoms with van der Waals surface area (Å²) < 4.78 is 18.1. The summed E-state index contributed by atoms with van der Waals surface area (Å²) in [4.78, 5) is 0. The van der Waals surface area contributed by atoms with Crippen molar-refractivity contribution in [3.05, 3.63) is 57.5 Å². The summed E-state index contributed by atoms with van der Waals surface area (Å²) in [7, 11) is 0. The number of epoxide rings is 1. The van der Waals surface area contributed by atoms with E-state index in [-0.39, 0.29) is 18.8 Å². The van der Waals surface area contributed by atoms with Crippen molar-refractivity contribution in [1.82, 2.24) is 0 Å². The number of ether oxygens (including phenoxy) is 3. The molecule has 2 aromatic carbocycles. The molecule has 0 aromatic heterocycles. The van der Waals surface area contributed by atoms with Gasteiger partial charge < -0.3 is 24.4 Å². The molecule has 0 saturated carbocycles. The van der Waals surface area contributed by atoms with E-state index < -0.39 is 5.60 Å². The molecule has 2 atom stereocenters. The first kappa shape index (κ1) is 22.2. The minimum Gasteiger partial charge on any atom is -0.491 e. The molecule has 2 N–H and O–H groups in total. The lowest BCUT2D eigenvalue weighted by atomic mass is 10.1. The van der Waals surface area contributed by atoms with Crippen LogP contribution in [-0.2, 0) is 4.74 Å². The zero-order valence-electron chi connectivity index (χ0n) is 15.3. The number of aliphatic hydroxyl groups is 2. The average Bonchev–Trinajstić information content (AvgIpc) is 3.39. The first-order chi connectivity index (χ1) is 12.7. The van der Waals surface area contributed by atoms with E-state index in [4.69, 9.17) is 19.3 Å². The Balaban J connectivity index is 0.000000194. The molecule has 148 valence electrons. The van der Waals surface area contributed by atoms with Crippen molar-refractivity contribution in [1.29, 1.82) is 0 Å². The van der Waals surface area contributed by atoms with Crippen LogP contribution in [0.4, 0.5) is 0 Å². The highest BCUT2D eigenvalue weighted by atomic mass is 79.9. The third kappa shape index (κ3) is 8.62. The van der Waals surface area contributed by atoms with Crippen LogP contribution in [-0.4, -0.2) is 47.8 Å². The number of halogens is 2. The quantitative estimate of drug-likeness (QED) is 0.554. The van der Waals surface area contributed by atoms with Gasteiger partial charge in [-0.25, -0.2) is 0 Å². The van der Waals surface area contributed by atoms with E-state index in [0.717, 1.165) is 21.3 Å². The molecule has 0 amide bonds. The highest BCUT2D eigenvalue weighted by Gasteiger charge is 2.40. The predicted octanol–water partition coefficient (Wildman–Crippen LogP) is 4.19. The number of benzene rings is 2. The van der Waals surface area contributed by atoms with Gasteiger partial charge in [0.2, 0.25) is 0 Å². The molecule has 1 fully saturated rings. The summed E-state index contributed by atoms with van der Waals surface area (Å²) in [6, 6.07) is 15.1. The van der Waals surface area contributed by atoms with Crippen LogP contribution in [0.2, 0.25) is 0 Å². The molecule has 0 aliphatic carbocycles. The van der Waals surface area contributed by atoms with Crippen LogP contribution < -0.4 is 9.47 Å². The fourth-order valence-corrected chi connectivity index (χ4v) is 2.32. The average molecular weight is 504 g/mol. The van der Waals surface area contributed by atoms with E-state index >= 15 is 0 Å². The summed E-state index contributed by atoms with van der Waals surface area (Å²) in [5, 5.41) is 18.2. The van der Waals surface area contributed by atoms with Gasteiger partial charge in [0.15, 0.2) is 0 Å². The van der Waals surface area contributed by atoms with Crippen LogP contribution in [0.1, 0.15) is 13.8 Å². The van der Waals surface area contributed by atoms with Crippen molar-refractivity contribution >= 4 is 31.9 Å². The van der Waals surface area contributed by atoms with Crippen molar-refractivity contribution in [2.75, 3.05) is 26.4 Å². The Labute approximate surface area is 176 Å². The predicted molar refractivity (Wildman–Crippen MR) is 111 cm³/mol.